The Hall–Kier alpha value is -1.96. The molecule has 2 nitrogen and oxygen atoms in total. The van der Waals surface area contributed by atoms with Crippen LogP contribution in [0.1, 0.15) is 48.1 Å². The molecule has 4 rings (SSSR count). The first-order valence-electron chi connectivity index (χ1n) is 9.03. The highest BCUT2D eigenvalue weighted by Crippen LogP contribution is 2.44. The number of benzene rings is 1. The average Bonchev–Trinajstić information content (AvgIpc) is 3.18. The maximum absolute atomic E-state index is 9.69. The van der Waals surface area contributed by atoms with Crippen LogP contribution in [-0.2, 0) is 12.8 Å². The van der Waals surface area contributed by atoms with Gasteiger partial charge in [-0.15, -0.1) is 22.7 Å². The molecular formula is C22H22N2S2. The molecule has 0 saturated heterocycles. The van der Waals surface area contributed by atoms with Gasteiger partial charge in [0.2, 0.25) is 0 Å². The Balaban J connectivity index is 1.65. The first kappa shape index (κ1) is 17.5. The smallest absolute Gasteiger partial charge is 0.134 e. The summed E-state index contributed by atoms with van der Waals surface area (Å²) in [6.07, 6.45) is 5.18. The van der Waals surface area contributed by atoms with Crippen LogP contribution in [-0.4, -0.2) is 6.21 Å². The van der Waals surface area contributed by atoms with Gasteiger partial charge in [0.1, 0.15) is 11.1 Å². The van der Waals surface area contributed by atoms with Gasteiger partial charge in [-0.1, -0.05) is 39.0 Å². The summed E-state index contributed by atoms with van der Waals surface area (Å²) < 4.78 is 1.27. The van der Waals surface area contributed by atoms with E-state index in [1.54, 1.807) is 22.7 Å². The predicted octanol–water partition coefficient (Wildman–Crippen LogP) is 6.74. The quantitative estimate of drug-likeness (QED) is 0.455. The van der Waals surface area contributed by atoms with Gasteiger partial charge in [0.25, 0.3) is 0 Å². The lowest BCUT2D eigenvalue weighted by atomic mass is 9.72. The number of hydrogen-bond donors (Lipinski definition) is 0. The maximum atomic E-state index is 9.69. The maximum Gasteiger partial charge on any atom is 0.134 e. The normalized spacial score (nSPS) is 17.5. The van der Waals surface area contributed by atoms with Crippen LogP contribution in [0.2, 0.25) is 0 Å². The van der Waals surface area contributed by atoms with Gasteiger partial charge in [-0.3, -0.25) is 0 Å². The summed E-state index contributed by atoms with van der Waals surface area (Å²) in [4.78, 5) is 7.22. The molecule has 1 aliphatic carbocycles. The Kier molecular flexibility index (Phi) is 4.46. The molecule has 0 bridgehead atoms. The highest BCUT2D eigenvalue weighted by atomic mass is 32.1. The summed E-state index contributed by atoms with van der Waals surface area (Å²) in [6, 6.07) is 13.0. The van der Waals surface area contributed by atoms with Crippen molar-refractivity contribution in [2.45, 2.75) is 40.0 Å². The Morgan fingerprint density at radius 2 is 2.04 bits per heavy atom. The van der Waals surface area contributed by atoms with E-state index in [2.05, 4.69) is 57.2 Å². The van der Waals surface area contributed by atoms with Crippen molar-refractivity contribution < 1.29 is 0 Å². The molecule has 2 aromatic heterocycles. The molecule has 0 N–H and O–H groups in total. The minimum Gasteiger partial charge on any atom is -0.243 e. The van der Waals surface area contributed by atoms with E-state index in [1.165, 1.54) is 26.9 Å². The SMILES string of the molecule is CC(C)(C)C1CCc2c(sc(/N=C/c3cc4ccccc4s3)c2C#N)C1. The van der Waals surface area contributed by atoms with Crippen LogP contribution >= 0.6 is 22.7 Å². The second-order valence-electron chi connectivity index (χ2n) is 8.05. The van der Waals surface area contributed by atoms with Gasteiger partial charge in [0.15, 0.2) is 0 Å². The van der Waals surface area contributed by atoms with E-state index in [-0.39, 0.29) is 0 Å². The minimum absolute atomic E-state index is 0.314. The van der Waals surface area contributed by atoms with Crippen molar-refractivity contribution in [2.75, 3.05) is 0 Å². The molecule has 1 aliphatic rings. The molecule has 0 spiro atoms. The molecule has 2 heterocycles. The largest absolute Gasteiger partial charge is 0.243 e. The standard InChI is InChI=1S/C22H22N2S2/c1-22(2,3)15-8-9-17-18(12-23)21(26-20(17)11-15)24-13-16-10-14-6-4-5-7-19(14)25-16/h4-7,10,13,15H,8-9,11H2,1-3H3/b24-13+. The van der Waals surface area contributed by atoms with Crippen molar-refractivity contribution in [3.05, 3.63) is 51.2 Å². The number of thiophene rings is 2. The Bertz CT molecular complexity index is 992. The van der Waals surface area contributed by atoms with Gasteiger partial charge in [-0.05, 0) is 53.7 Å². The molecule has 132 valence electrons. The molecular weight excluding hydrogens is 356 g/mol. The highest BCUT2D eigenvalue weighted by Gasteiger charge is 2.32. The molecule has 0 amide bonds. The second kappa shape index (κ2) is 6.64. The van der Waals surface area contributed by atoms with Gasteiger partial charge in [-0.2, -0.15) is 5.26 Å². The fourth-order valence-corrected chi connectivity index (χ4v) is 5.86. The van der Waals surface area contributed by atoms with Crippen molar-refractivity contribution in [3.63, 3.8) is 0 Å². The Labute approximate surface area is 162 Å². The molecule has 1 unspecified atom stereocenters. The van der Waals surface area contributed by atoms with Gasteiger partial charge < -0.3 is 0 Å². The first-order valence-corrected chi connectivity index (χ1v) is 10.7. The topological polar surface area (TPSA) is 36.1 Å². The zero-order chi connectivity index (χ0) is 18.3. The van der Waals surface area contributed by atoms with Crippen LogP contribution in [0.3, 0.4) is 0 Å². The molecule has 0 fully saturated rings. The van der Waals surface area contributed by atoms with Crippen molar-refractivity contribution in [2.24, 2.45) is 16.3 Å². The van der Waals surface area contributed by atoms with Crippen molar-refractivity contribution in [1.82, 2.24) is 0 Å². The van der Waals surface area contributed by atoms with Crippen molar-refractivity contribution >= 4 is 44.0 Å². The molecule has 0 radical (unpaired) electrons. The molecule has 0 saturated carbocycles. The number of nitrogens with zero attached hydrogens (tertiary/aromatic N) is 2. The lowest BCUT2D eigenvalue weighted by Crippen LogP contribution is -2.26. The van der Waals surface area contributed by atoms with E-state index in [0.29, 0.717) is 11.3 Å². The van der Waals surface area contributed by atoms with Crippen LogP contribution < -0.4 is 0 Å². The third kappa shape index (κ3) is 3.22. The van der Waals surface area contributed by atoms with Crippen LogP contribution in [0.15, 0.2) is 35.3 Å². The predicted molar refractivity (Wildman–Crippen MR) is 113 cm³/mol. The molecule has 26 heavy (non-hydrogen) atoms. The van der Waals surface area contributed by atoms with Crippen LogP contribution in [0.4, 0.5) is 5.00 Å². The highest BCUT2D eigenvalue weighted by molar-refractivity contribution is 7.20. The summed E-state index contributed by atoms with van der Waals surface area (Å²) in [5.41, 5.74) is 2.37. The van der Waals surface area contributed by atoms with Crippen LogP contribution in [0, 0.1) is 22.7 Å². The fourth-order valence-electron chi connectivity index (χ4n) is 3.71. The summed E-state index contributed by atoms with van der Waals surface area (Å²) in [6.45, 7) is 6.96. The number of hydrogen-bond acceptors (Lipinski definition) is 4. The molecule has 1 aromatic carbocycles. The lowest BCUT2D eigenvalue weighted by Gasteiger charge is -2.33. The third-order valence-corrected chi connectivity index (χ3v) is 7.55. The van der Waals surface area contributed by atoms with Crippen LogP contribution in [0.5, 0.6) is 0 Å². The Morgan fingerprint density at radius 3 is 2.77 bits per heavy atom. The molecule has 0 aliphatic heterocycles. The van der Waals surface area contributed by atoms with Gasteiger partial charge in [-0.25, -0.2) is 4.99 Å². The van der Waals surface area contributed by atoms with E-state index in [1.807, 2.05) is 6.21 Å². The van der Waals surface area contributed by atoms with Gasteiger partial charge in [0.05, 0.1) is 5.56 Å². The molecule has 3 aromatic rings. The number of nitriles is 1. The van der Waals surface area contributed by atoms with Crippen molar-refractivity contribution in [1.29, 1.82) is 5.26 Å². The van der Waals surface area contributed by atoms with E-state index < -0.39 is 0 Å². The second-order valence-corrected chi connectivity index (χ2v) is 10.2. The fraction of sp³-hybridized carbons (Fsp3) is 0.364. The Morgan fingerprint density at radius 1 is 1.23 bits per heavy atom. The van der Waals surface area contributed by atoms with Gasteiger partial charge >= 0.3 is 0 Å². The average molecular weight is 379 g/mol. The summed E-state index contributed by atoms with van der Waals surface area (Å²) in [5.74, 6) is 0.680. The van der Waals surface area contributed by atoms with Gasteiger partial charge in [0, 0.05) is 20.7 Å². The lowest BCUT2D eigenvalue weighted by molar-refractivity contribution is 0.218. The third-order valence-electron chi connectivity index (χ3n) is 5.34. The summed E-state index contributed by atoms with van der Waals surface area (Å²) in [7, 11) is 0. The zero-order valence-corrected chi connectivity index (χ0v) is 17.0. The van der Waals surface area contributed by atoms with E-state index in [0.717, 1.165) is 28.3 Å². The summed E-state index contributed by atoms with van der Waals surface area (Å²) >= 11 is 3.46. The number of rotatable bonds is 2. The zero-order valence-electron chi connectivity index (χ0n) is 15.4. The van der Waals surface area contributed by atoms with Crippen LogP contribution in [0.25, 0.3) is 10.1 Å². The van der Waals surface area contributed by atoms with E-state index in [4.69, 9.17) is 4.99 Å². The number of fused-ring (bicyclic) bond motifs is 2. The number of aliphatic imine (C=N–C) groups is 1. The first-order chi connectivity index (χ1) is 12.5. The van der Waals surface area contributed by atoms with Crippen molar-refractivity contribution in [3.8, 4) is 6.07 Å². The van der Waals surface area contributed by atoms with E-state index in [9.17, 15) is 5.26 Å². The minimum atomic E-state index is 0.314. The molecule has 1 atom stereocenters. The monoisotopic (exact) mass is 378 g/mol. The van der Waals surface area contributed by atoms with E-state index >= 15 is 0 Å². The summed E-state index contributed by atoms with van der Waals surface area (Å²) in [5, 5.41) is 11.8. The molecule has 4 heteroatoms.